The number of hydrogen-bond acceptors (Lipinski definition) is 3. The predicted octanol–water partition coefficient (Wildman–Crippen LogP) is 2.20. The summed E-state index contributed by atoms with van der Waals surface area (Å²) >= 11 is 0. The molecule has 0 aromatic carbocycles. The van der Waals surface area contributed by atoms with Crippen LogP contribution in [-0.2, 0) is 22.9 Å². The predicted molar refractivity (Wildman–Crippen MR) is 80.0 cm³/mol. The third-order valence-corrected chi connectivity index (χ3v) is 4.74. The molecule has 1 rings (SSSR count). The number of sulfone groups is 1. The van der Waals surface area contributed by atoms with Crippen molar-refractivity contribution in [1.29, 1.82) is 0 Å². The van der Waals surface area contributed by atoms with Crippen LogP contribution >= 0.6 is 0 Å². The molecule has 1 aromatic heterocycles. The number of rotatable bonds is 7. The summed E-state index contributed by atoms with van der Waals surface area (Å²) in [6.45, 7) is 9.71. The summed E-state index contributed by atoms with van der Waals surface area (Å²) in [7, 11) is -2.84. The lowest BCUT2D eigenvalue weighted by molar-refractivity contribution is 0.424. The maximum atomic E-state index is 11.4. The molecule has 0 radical (unpaired) electrons. The van der Waals surface area contributed by atoms with Crippen LogP contribution in [0.5, 0.6) is 0 Å². The van der Waals surface area contributed by atoms with Gasteiger partial charge in [-0.05, 0) is 38.8 Å². The summed E-state index contributed by atoms with van der Waals surface area (Å²) in [4.78, 5) is 0. The van der Waals surface area contributed by atoms with E-state index in [2.05, 4.69) is 42.9 Å². The zero-order valence-corrected chi connectivity index (χ0v) is 13.3. The fraction of sp³-hybridized carbons (Fsp3) is 0.714. The van der Waals surface area contributed by atoms with Gasteiger partial charge in [-0.15, -0.1) is 0 Å². The Morgan fingerprint density at radius 1 is 1.32 bits per heavy atom. The minimum Gasteiger partial charge on any atom is -0.354 e. The molecule has 19 heavy (non-hydrogen) atoms. The van der Waals surface area contributed by atoms with E-state index >= 15 is 0 Å². The van der Waals surface area contributed by atoms with E-state index in [1.807, 2.05) is 6.20 Å². The normalized spacial score (nSPS) is 12.8. The number of nitrogens with one attached hydrogen (secondary N) is 1. The van der Waals surface area contributed by atoms with Gasteiger partial charge >= 0.3 is 0 Å². The molecule has 0 fully saturated rings. The van der Waals surface area contributed by atoms with Crippen LogP contribution < -0.4 is 5.32 Å². The zero-order chi connectivity index (χ0) is 14.5. The molecule has 0 saturated carbocycles. The van der Waals surface area contributed by atoms with Crippen LogP contribution in [0.15, 0.2) is 18.5 Å². The van der Waals surface area contributed by atoms with E-state index in [0.717, 1.165) is 13.1 Å². The Morgan fingerprint density at radius 2 is 2.00 bits per heavy atom. The molecule has 1 N–H and O–H groups in total. The average molecular weight is 286 g/mol. The Balaban J connectivity index is 2.39. The van der Waals surface area contributed by atoms with Gasteiger partial charge in [0.15, 0.2) is 0 Å². The van der Waals surface area contributed by atoms with E-state index in [0.29, 0.717) is 6.42 Å². The summed E-state index contributed by atoms with van der Waals surface area (Å²) in [5.41, 5.74) is 1.34. The molecule has 0 aliphatic carbocycles. The lowest BCUT2D eigenvalue weighted by atomic mass is 10.1. The van der Waals surface area contributed by atoms with Gasteiger partial charge < -0.3 is 9.88 Å². The van der Waals surface area contributed by atoms with E-state index in [-0.39, 0.29) is 17.0 Å². The minimum atomic E-state index is -2.84. The van der Waals surface area contributed by atoms with Crippen molar-refractivity contribution < 1.29 is 8.42 Å². The van der Waals surface area contributed by atoms with E-state index in [9.17, 15) is 8.42 Å². The van der Waals surface area contributed by atoms with Crippen molar-refractivity contribution in [3.05, 3.63) is 24.0 Å². The second-order valence-electron chi connectivity index (χ2n) is 5.95. The number of aromatic nitrogens is 1. The Labute approximate surface area is 117 Å². The van der Waals surface area contributed by atoms with Gasteiger partial charge in [0.05, 0.1) is 5.75 Å². The molecule has 4 nitrogen and oxygen atoms in total. The smallest absolute Gasteiger partial charge is 0.150 e. The molecule has 0 atom stereocenters. The van der Waals surface area contributed by atoms with E-state index in [4.69, 9.17) is 0 Å². The van der Waals surface area contributed by atoms with Crippen LogP contribution in [0.4, 0.5) is 0 Å². The first kappa shape index (κ1) is 16.2. The average Bonchev–Trinajstić information content (AvgIpc) is 2.73. The quantitative estimate of drug-likeness (QED) is 0.836. The molecule has 0 amide bonds. The maximum absolute atomic E-state index is 11.4. The van der Waals surface area contributed by atoms with Gasteiger partial charge in [-0.2, -0.15) is 0 Å². The molecule has 1 heterocycles. The Bertz CT molecular complexity index is 484. The van der Waals surface area contributed by atoms with Crippen LogP contribution in [0.3, 0.4) is 0 Å². The summed E-state index contributed by atoms with van der Waals surface area (Å²) in [6, 6.07) is 2.08. The lowest BCUT2D eigenvalue weighted by Gasteiger charge is -2.19. The Morgan fingerprint density at radius 3 is 2.58 bits per heavy atom. The number of hydrogen-bond donors (Lipinski definition) is 1. The van der Waals surface area contributed by atoms with Gasteiger partial charge in [-0.1, -0.05) is 6.92 Å². The van der Waals surface area contributed by atoms with Crippen LogP contribution in [0.25, 0.3) is 0 Å². The molecule has 0 bridgehead atoms. The van der Waals surface area contributed by atoms with E-state index < -0.39 is 9.84 Å². The molecule has 5 heteroatoms. The van der Waals surface area contributed by atoms with Crippen molar-refractivity contribution in [2.75, 3.05) is 11.5 Å². The lowest BCUT2D eigenvalue weighted by Crippen LogP contribution is -2.34. The summed E-state index contributed by atoms with van der Waals surface area (Å²) in [6.07, 6.45) is 4.77. The van der Waals surface area contributed by atoms with Gasteiger partial charge in [-0.25, -0.2) is 8.42 Å². The first-order valence-electron chi connectivity index (χ1n) is 6.82. The first-order valence-corrected chi connectivity index (χ1v) is 8.64. The van der Waals surface area contributed by atoms with Crippen molar-refractivity contribution in [2.45, 2.75) is 52.7 Å². The van der Waals surface area contributed by atoms with Crippen molar-refractivity contribution in [1.82, 2.24) is 9.88 Å². The third kappa shape index (κ3) is 6.78. The van der Waals surface area contributed by atoms with Crippen LogP contribution in [0.2, 0.25) is 0 Å². The fourth-order valence-corrected chi connectivity index (χ4v) is 2.57. The minimum absolute atomic E-state index is 0.108. The maximum Gasteiger partial charge on any atom is 0.150 e. The first-order chi connectivity index (χ1) is 8.72. The molecule has 0 aliphatic rings. The van der Waals surface area contributed by atoms with Gasteiger partial charge in [0.25, 0.3) is 0 Å². The summed E-state index contributed by atoms with van der Waals surface area (Å²) in [5, 5.41) is 3.43. The number of nitrogens with zero attached hydrogens (tertiary/aromatic N) is 1. The monoisotopic (exact) mass is 286 g/mol. The van der Waals surface area contributed by atoms with Gasteiger partial charge in [0.2, 0.25) is 0 Å². The SMILES string of the molecule is CCS(=O)(=O)CCCn1ccc(CNC(C)(C)C)c1. The highest BCUT2D eigenvalue weighted by molar-refractivity contribution is 7.91. The molecule has 0 spiro atoms. The summed E-state index contributed by atoms with van der Waals surface area (Å²) < 4.78 is 24.8. The highest BCUT2D eigenvalue weighted by Crippen LogP contribution is 2.06. The van der Waals surface area contributed by atoms with Crippen molar-refractivity contribution in [2.24, 2.45) is 0 Å². The topological polar surface area (TPSA) is 51.1 Å². The fourth-order valence-electron chi connectivity index (χ4n) is 1.71. The zero-order valence-electron chi connectivity index (χ0n) is 12.4. The van der Waals surface area contributed by atoms with Crippen molar-refractivity contribution in [3.63, 3.8) is 0 Å². The molecule has 0 saturated heterocycles. The molecule has 0 aliphatic heterocycles. The largest absolute Gasteiger partial charge is 0.354 e. The van der Waals surface area contributed by atoms with Crippen LogP contribution in [-0.4, -0.2) is 30.0 Å². The molecular formula is C14H26N2O2S. The molecule has 0 unspecified atom stereocenters. The Kier molecular flexibility index (Phi) is 5.62. The standard InChI is InChI=1S/C14H26N2O2S/c1-5-19(17,18)10-6-8-16-9-7-13(12-16)11-15-14(2,3)4/h7,9,12,15H,5-6,8,10-11H2,1-4H3. The molecular weight excluding hydrogens is 260 g/mol. The van der Waals surface area contributed by atoms with Crippen LogP contribution in [0, 0.1) is 0 Å². The van der Waals surface area contributed by atoms with E-state index in [1.54, 1.807) is 6.92 Å². The van der Waals surface area contributed by atoms with Crippen molar-refractivity contribution >= 4 is 9.84 Å². The second-order valence-corrected chi connectivity index (χ2v) is 8.42. The molecule has 110 valence electrons. The second kappa shape index (κ2) is 6.57. The molecule has 1 aromatic rings. The highest BCUT2D eigenvalue weighted by atomic mass is 32.2. The van der Waals surface area contributed by atoms with Gasteiger partial charge in [0.1, 0.15) is 9.84 Å². The summed E-state index contributed by atoms with van der Waals surface area (Å²) in [5.74, 6) is 0.511. The van der Waals surface area contributed by atoms with Gasteiger partial charge in [0, 0.05) is 36.8 Å². The third-order valence-electron chi connectivity index (χ3n) is 2.95. The van der Waals surface area contributed by atoms with E-state index in [1.165, 1.54) is 5.56 Å². The van der Waals surface area contributed by atoms with Gasteiger partial charge in [-0.3, -0.25) is 0 Å². The van der Waals surface area contributed by atoms with Crippen LogP contribution in [0.1, 0.15) is 39.7 Å². The Hall–Kier alpha value is -0.810. The highest BCUT2D eigenvalue weighted by Gasteiger charge is 2.09. The van der Waals surface area contributed by atoms with Crippen molar-refractivity contribution in [3.8, 4) is 0 Å². The number of aryl methyl sites for hydroxylation is 1.